The first kappa shape index (κ1) is 14.9. The van der Waals surface area contributed by atoms with Gasteiger partial charge in [0.2, 0.25) is 5.91 Å². The van der Waals surface area contributed by atoms with Crippen LogP contribution in [0.2, 0.25) is 0 Å². The van der Waals surface area contributed by atoms with Crippen molar-refractivity contribution in [3.63, 3.8) is 0 Å². The van der Waals surface area contributed by atoms with Crippen molar-refractivity contribution in [2.75, 3.05) is 6.54 Å². The minimum Gasteiger partial charge on any atom is -0.392 e. The molecular formula is C10H14BrClN2O2S. The molecule has 7 heteroatoms. The van der Waals surface area contributed by atoms with Gasteiger partial charge in [0.15, 0.2) is 0 Å². The molecule has 1 aliphatic rings. The van der Waals surface area contributed by atoms with Crippen LogP contribution >= 0.6 is 39.7 Å². The summed E-state index contributed by atoms with van der Waals surface area (Å²) in [6.45, 7) is 1.05. The first-order valence-corrected chi connectivity index (χ1v) is 6.69. The number of aliphatic hydroxyl groups excluding tert-OH is 1. The molecule has 4 nitrogen and oxygen atoms in total. The Morgan fingerprint density at radius 2 is 2.41 bits per heavy atom. The molecule has 1 saturated heterocycles. The first-order valence-electron chi connectivity index (χ1n) is 5.08. The Hall–Kier alpha value is -0.140. The molecule has 2 atom stereocenters. The fourth-order valence-corrected chi connectivity index (χ4v) is 3.08. The van der Waals surface area contributed by atoms with Gasteiger partial charge in [-0.25, -0.2) is 0 Å². The largest absolute Gasteiger partial charge is 0.392 e. The topological polar surface area (TPSA) is 61.4 Å². The Labute approximate surface area is 118 Å². The van der Waals surface area contributed by atoms with Crippen LogP contribution < -0.4 is 10.6 Å². The smallest absolute Gasteiger partial charge is 0.237 e. The summed E-state index contributed by atoms with van der Waals surface area (Å²) in [5.74, 6) is -0.0407. The van der Waals surface area contributed by atoms with Crippen molar-refractivity contribution < 1.29 is 9.90 Å². The van der Waals surface area contributed by atoms with E-state index >= 15 is 0 Å². The van der Waals surface area contributed by atoms with Crippen molar-refractivity contribution in [2.24, 2.45) is 0 Å². The predicted octanol–water partition coefficient (Wildman–Crippen LogP) is 1.27. The standard InChI is InChI=1S/C10H13BrN2O2S.ClH/c11-9-2-1-7(16-9)5-13-10(15)8-3-6(14)4-12-8;/h1-2,6,8,12,14H,3-5H2,(H,13,15);1H. The van der Waals surface area contributed by atoms with E-state index in [4.69, 9.17) is 0 Å². The van der Waals surface area contributed by atoms with Crippen LogP contribution in [0.5, 0.6) is 0 Å². The predicted molar refractivity (Wildman–Crippen MR) is 73.5 cm³/mol. The summed E-state index contributed by atoms with van der Waals surface area (Å²) in [7, 11) is 0. The highest BCUT2D eigenvalue weighted by atomic mass is 79.9. The number of amides is 1. The summed E-state index contributed by atoms with van der Waals surface area (Å²) in [6.07, 6.45) is 0.103. The Bertz CT molecular complexity index is 388. The molecule has 0 saturated carbocycles. The van der Waals surface area contributed by atoms with Gasteiger partial charge in [-0.15, -0.1) is 23.7 Å². The van der Waals surface area contributed by atoms with E-state index < -0.39 is 6.10 Å². The maximum absolute atomic E-state index is 11.7. The minimum atomic E-state index is -0.397. The van der Waals surface area contributed by atoms with Crippen LogP contribution in [-0.4, -0.2) is 29.7 Å². The van der Waals surface area contributed by atoms with Gasteiger partial charge in [0, 0.05) is 11.4 Å². The van der Waals surface area contributed by atoms with Crippen molar-refractivity contribution in [3.05, 3.63) is 20.8 Å². The molecule has 1 aromatic heterocycles. The second-order valence-corrected chi connectivity index (χ2v) is 6.32. The SMILES string of the molecule is Cl.O=C(NCc1ccc(Br)s1)C1CC(O)CN1. The third kappa shape index (κ3) is 4.22. The zero-order chi connectivity index (χ0) is 11.5. The second-order valence-electron chi connectivity index (χ2n) is 3.77. The van der Waals surface area contributed by atoms with Crippen molar-refractivity contribution >= 4 is 45.6 Å². The Balaban J connectivity index is 0.00000144. The molecule has 0 spiro atoms. The van der Waals surface area contributed by atoms with Gasteiger partial charge < -0.3 is 15.7 Å². The van der Waals surface area contributed by atoms with Crippen LogP contribution in [0.3, 0.4) is 0 Å². The van der Waals surface area contributed by atoms with E-state index in [2.05, 4.69) is 26.6 Å². The Morgan fingerprint density at radius 3 is 2.94 bits per heavy atom. The molecule has 1 fully saturated rings. The normalized spacial score (nSPS) is 23.2. The van der Waals surface area contributed by atoms with Crippen molar-refractivity contribution in [1.82, 2.24) is 10.6 Å². The van der Waals surface area contributed by atoms with E-state index in [1.807, 2.05) is 12.1 Å². The van der Waals surface area contributed by atoms with Crippen LogP contribution in [0, 0.1) is 0 Å². The van der Waals surface area contributed by atoms with Crippen molar-refractivity contribution in [1.29, 1.82) is 0 Å². The molecule has 2 unspecified atom stereocenters. The lowest BCUT2D eigenvalue weighted by molar-refractivity contribution is -0.123. The molecule has 0 aromatic carbocycles. The van der Waals surface area contributed by atoms with Gasteiger partial charge in [-0.2, -0.15) is 0 Å². The average molecular weight is 342 g/mol. The molecule has 2 rings (SSSR count). The molecule has 17 heavy (non-hydrogen) atoms. The van der Waals surface area contributed by atoms with E-state index in [9.17, 15) is 9.90 Å². The second kappa shape index (κ2) is 6.70. The maximum Gasteiger partial charge on any atom is 0.237 e. The van der Waals surface area contributed by atoms with E-state index in [0.717, 1.165) is 8.66 Å². The van der Waals surface area contributed by atoms with Crippen LogP contribution in [0.4, 0.5) is 0 Å². The summed E-state index contributed by atoms with van der Waals surface area (Å²) in [4.78, 5) is 12.8. The third-order valence-electron chi connectivity index (χ3n) is 2.49. The number of aliphatic hydroxyl groups is 1. The number of halogens is 2. The van der Waals surface area contributed by atoms with Gasteiger partial charge >= 0.3 is 0 Å². The average Bonchev–Trinajstić information content (AvgIpc) is 2.84. The summed E-state index contributed by atoms with van der Waals surface area (Å²) in [6, 6.07) is 3.69. The van der Waals surface area contributed by atoms with Crippen LogP contribution in [0.15, 0.2) is 15.9 Å². The van der Waals surface area contributed by atoms with E-state index in [-0.39, 0.29) is 24.4 Å². The minimum absolute atomic E-state index is 0. The van der Waals surface area contributed by atoms with Gasteiger partial charge in [0.25, 0.3) is 0 Å². The summed E-state index contributed by atoms with van der Waals surface area (Å²) in [5, 5.41) is 15.1. The lowest BCUT2D eigenvalue weighted by Crippen LogP contribution is -2.39. The molecule has 96 valence electrons. The molecule has 3 N–H and O–H groups in total. The monoisotopic (exact) mass is 340 g/mol. The van der Waals surface area contributed by atoms with E-state index in [1.54, 1.807) is 11.3 Å². The van der Waals surface area contributed by atoms with Gasteiger partial charge in [0.1, 0.15) is 0 Å². The molecule has 0 bridgehead atoms. The quantitative estimate of drug-likeness (QED) is 0.776. The Morgan fingerprint density at radius 1 is 1.65 bits per heavy atom. The zero-order valence-electron chi connectivity index (χ0n) is 8.98. The van der Waals surface area contributed by atoms with Gasteiger partial charge in [0.05, 0.1) is 22.5 Å². The summed E-state index contributed by atoms with van der Waals surface area (Å²) >= 11 is 4.98. The highest BCUT2D eigenvalue weighted by Gasteiger charge is 2.27. The molecule has 1 aromatic rings. The van der Waals surface area contributed by atoms with Gasteiger partial charge in [-0.1, -0.05) is 0 Å². The molecule has 1 amide bonds. The lowest BCUT2D eigenvalue weighted by atomic mass is 10.2. The van der Waals surface area contributed by atoms with Gasteiger partial charge in [-0.3, -0.25) is 4.79 Å². The summed E-state index contributed by atoms with van der Waals surface area (Å²) < 4.78 is 1.06. The van der Waals surface area contributed by atoms with Crippen molar-refractivity contribution in [3.8, 4) is 0 Å². The maximum atomic E-state index is 11.7. The number of β-amino-alcohol motifs (C(OH)–C–C–N with tert-alkyl or cyclic N) is 1. The van der Waals surface area contributed by atoms with Crippen LogP contribution in [-0.2, 0) is 11.3 Å². The van der Waals surface area contributed by atoms with Gasteiger partial charge in [-0.05, 0) is 34.5 Å². The molecule has 1 aliphatic heterocycles. The molecule has 0 aliphatic carbocycles. The van der Waals surface area contributed by atoms with Crippen molar-refractivity contribution in [2.45, 2.75) is 25.1 Å². The molecule has 0 radical (unpaired) electrons. The fourth-order valence-electron chi connectivity index (χ4n) is 1.66. The third-order valence-corrected chi connectivity index (χ3v) is 4.11. The Kier molecular flexibility index (Phi) is 5.88. The first-order chi connectivity index (χ1) is 7.65. The molecular weight excluding hydrogens is 328 g/mol. The number of carbonyl (C=O) groups excluding carboxylic acids is 1. The highest BCUT2D eigenvalue weighted by molar-refractivity contribution is 9.11. The number of hydrogen-bond acceptors (Lipinski definition) is 4. The number of thiophene rings is 1. The number of carbonyl (C=O) groups is 1. The van der Waals surface area contributed by atoms with E-state index in [1.165, 1.54) is 0 Å². The van der Waals surface area contributed by atoms with Crippen LogP contribution in [0.1, 0.15) is 11.3 Å². The number of hydrogen-bond donors (Lipinski definition) is 3. The summed E-state index contributed by atoms with van der Waals surface area (Å²) in [5.41, 5.74) is 0. The lowest BCUT2D eigenvalue weighted by Gasteiger charge is -2.09. The number of nitrogens with one attached hydrogen (secondary N) is 2. The number of rotatable bonds is 3. The highest BCUT2D eigenvalue weighted by Crippen LogP contribution is 2.21. The zero-order valence-corrected chi connectivity index (χ0v) is 12.2. The molecule has 2 heterocycles. The van der Waals surface area contributed by atoms with E-state index in [0.29, 0.717) is 19.5 Å². The fraction of sp³-hybridized carbons (Fsp3) is 0.500. The van der Waals surface area contributed by atoms with Crippen LogP contribution in [0.25, 0.3) is 0 Å².